The predicted octanol–water partition coefficient (Wildman–Crippen LogP) is 0.650. The lowest BCUT2D eigenvalue weighted by molar-refractivity contribution is 0.188. The van der Waals surface area contributed by atoms with Crippen LogP contribution in [0.2, 0.25) is 0 Å². The van der Waals surface area contributed by atoms with E-state index in [2.05, 4.69) is 0 Å². The highest BCUT2D eigenvalue weighted by atomic mass is 32.2. The number of likely N-dealkylation sites (N-methyl/N-ethyl adjacent to an activating group) is 1. The zero-order chi connectivity index (χ0) is 15.8. The maximum atomic E-state index is 13.8. The third-order valence-electron chi connectivity index (χ3n) is 3.40. The van der Waals surface area contributed by atoms with Crippen LogP contribution in [0.5, 0.6) is 0 Å². The van der Waals surface area contributed by atoms with Gasteiger partial charge in [0.1, 0.15) is 16.5 Å². The summed E-state index contributed by atoms with van der Waals surface area (Å²) < 4.78 is 52.9. The van der Waals surface area contributed by atoms with Gasteiger partial charge in [-0.1, -0.05) is 0 Å². The van der Waals surface area contributed by atoms with Gasteiger partial charge in [-0.2, -0.15) is 4.31 Å². The Morgan fingerprint density at radius 1 is 1.38 bits per heavy atom. The van der Waals surface area contributed by atoms with Crippen molar-refractivity contribution in [2.45, 2.75) is 23.5 Å². The van der Waals surface area contributed by atoms with Crippen molar-refractivity contribution in [1.82, 2.24) is 9.21 Å². The number of sulfonamides is 1. The molecule has 1 aromatic carbocycles. The lowest BCUT2D eigenvalue weighted by atomic mass is 10.2. The summed E-state index contributed by atoms with van der Waals surface area (Å²) in [6.07, 6.45) is -0.492. The predicted molar refractivity (Wildman–Crippen MR) is 73.2 cm³/mol. The van der Waals surface area contributed by atoms with Crippen molar-refractivity contribution in [1.29, 1.82) is 0 Å². The number of halogens is 2. The van der Waals surface area contributed by atoms with Crippen LogP contribution >= 0.6 is 0 Å². The fourth-order valence-corrected chi connectivity index (χ4v) is 4.27. The quantitative estimate of drug-likeness (QED) is 0.885. The Morgan fingerprint density at radius 3 is 2.62 bits per heavy atom. The number of aliphatic hydroxyl groups is 1. The largest absolute Gasteiger partial charge is 0.392 e. The maximum absolute atomic E-state index is 13.8. The number of benzene rings is 1. The van der Waals surface area contributed by atoms with Crippen LogP contribution in [0, 0.1) is 11.6 Å². The third kappa shape index (κ3) is 3.39. The molecule has 1 aliphatic rings. The van der Waals surface area contributed by atoms with E-state index in [-0.39, 0.29) is 6.54 Å². The Hall–Kier alpha value is -1.09. The molecule has 2 unspecified atom stereocenters. The second-order valence-corrected chi connectivity index (χ2v) is 7.31. The van der Waals surface area contributed by atoms with Gasteiger partial charge in [-0.05, 0) is 32.6 Å². The first-order valence-electron chi connectivity index (χ1n) is 6.51. The first-order chi connectivity index (χ1) is 9.71. The van der Waals surface area contributed by atoms with Gasteiger partial charge < -0.3 is 10.0 Å². The Kier molecular flexibility index (Phi) is 4.62. The topological polar surface area (TPSA) is 60.9 Å². The second-order valence-electron chi connectivity index (χ2n) is 5.46. The molecular weight excluding hydrogens is 302 g/mol. The molecule has 2 rings (SSSR count). The van der Waals surface area contributed by atoms with E-state index in [9.17, 15) is 22.3 Å². The molecule has 0 bridgehead atoms. The zero-order valence-corrected chi connectivity index (χ0v) is 12.6. The Balaban J connectivity index is 2.37. The van der Waals surface area contributed by atoms with Gasteiger partial charge in [0.15, 0.2) is 0 Å². The van der Waals surface area contributed by atoms with Crippen LogP contribution < -0.4 is 0 Å². The van der Waals surface area contributed by atoms with Gasteiger partial charge in [0.2, 0.25) is 10.0 Å². The normalized spacial score (nSPS) is 23.9. The van der Waals surface area contributed by atoms with Crippen molar-refractivity contribution in [3.8, 4) is 0 Å². The van der Waals surface area contributed by atoms with Crippen LogP contribution in [-0.2, 0) is 10.0 Å². The minimum Gasteiger partial charge on any atom is -0.392 e. The molecule has 21 heavy (non-hydrogen) atoms. The van der Waals surface area contributed by atoms with Crippen LogP contribution in [0.3, 0.4) is 0 Å². The number of hydrogen-bond acceptors (Lipinski definition) is 4. The molecule has 1 heterocycles. The minimum absolute atomic E-state index is 0.0857. The van der Waals surface area contributed by atoms with Crippen LogP contribution in [0.15, 0.2) is 23.1 Å². The van der Waals surface area contributed by atoms with E-state index < -0.39 is 38.7 Å². The molecular formula is C13H18F2N2O3S. The third-order valence-corrected chi connectivity index (χ3v) is 5.35. The van der Waals surface area contributed by atoms with E-state index in [1.54, 1.807) is 19.0 Å². The summed E-state index contributed by atoms with van der Waals surface area (Å²) >= 11 is 0. The molecule has 1 saturated heterocycles. The van der Waals surface area contributed by atoms with E-state index in [4.69, 9.17) is 0 Å². The fraction of sp³-hybridized carbons (Fsp3) is 0.538. The highest BCUT2D eigenvalue weighted by Crippen LogP contribution is 2.28. The summed E-state index contributed by atoms with van der Waals surface area (Å²) in [5, 5.41) is 9.73. The molecule has 0 amide bonds. The van der Waals surface area contributed by atoms with Crippen molar-refractivity contribution in [2.24, 2.45) is 0 Å². The van der Waals surface area contributed by atoms with Crippen LogP contribution in [0.1, 0.15) is 6.42 Å². The number of hydrogen-bond donors (Lipinski definition) is 1. The number of rotatable bonds is 4. The van der Waals surface area contributed by atoms with E-state index in [1.807, 2.05) is 0 Å². The van der Waals surface area contributed by atoms with Crippen molar-refractivity contribution in [2.75, 3.05) is 27.2 Å². The molecule has 8 heteroatoms. The van der Waals surface area contributed by atoms with E-state index in [0.717, 1.165) is 16.4 Å². The zero-order valence-electron chi connectivity index (χ0n) is 11.8. The molecule has 0 spiro atoms. The maximum Gasteiger partial charge on any atom is 0.246 e. The molecule has 0 saturated carbocycles. The lowest BCUT2D eigenvalue weighted by Gasteiger charge is -2.26. The van der Waals surface area contributed by atoms with Crippen molar-refractivity contribution >= 4 is 10.0 Å². The average Bonchev–Trinajstić information content (AvgIpc) is 2.69. The molecule has 1 aromatic rings. The van der Waals surface area contributed by atoms with E-state index in [0.29, 0.717) is 19.0 Å². The Labute approximate surface area is 122 Å². The first-order valence-corrected chi connectivity index (χ1v) is 7.95. The standard InChI is InChI=1S/C13H18F2N2O3S/c1-16(2)7-10-6-11(18)8-17(10)21(19,20)13-4-3-9(14)5-12(13)15/h3-5,10-11,18H,6-8H2,1-2H3. The Bertz CT molecular complexity index is 622. The molecule has 0 aromatic heterocycles. The van der Waals surface area contributed by atoms with Crippen molar-refractivity contribution < 1.29 is 22.3 Å². The lowest BCUT2D eigenvalue weighted by Crippen LogP contribution is -2.41. The molecule has 0 aliphatic carbocycles. The van der Waals surface area contributed by atoms with Gasteiger partial charge in [0.05, 0.1) is 6.10 Å². The van der Waals surface area contributed by atoms with Gasteiger partial charge in [-0.25, -0.2) is 17.2 Å². The molecule has 1 N–H and O–H groups in total. The monoisotopic (exact) mass is 320 g/mol. The molecule has 1 fully saturated rings. The highest BCUT2D eigenvalue weighted by molar-refractivity contribution is 7.89. The second kappa shape index (κ2) is 5.96. The molecule has 1 aliphatic heterocycles. The summed E-state index contributed by atoms with van der Waals surface area (Å²) in [7, 11) is -0.537. The van der Waals surface area contributed by atoms with Crippen LogP contribution in [-0.4, -0.2) is 62.1 Å². The van der Waals surface area contributed by atoms with Gasteiger partial charge in [-0.3, -0.25) is 0 Å². The smallest absolute Gasteiger partial charge is 0.246 e. The average molecular weight is 320 g/mol. The minimum atomic E-state index is -4.11. The Morgan fingerprint density at radius 2 is 2.05 bits per heavy atom. The van der Waals surface area contributed by atoms with E-state index >= 15 is 0 Å². The van der Waals surface area contributed by atoms with Crippen LogP contribution in [0.4, 0.5) is 8.78 Å². The van der Waals surface area contributed by atoms with Gasteiger partial charge in [0, 0.05) is 25.2 Å². The SMILES string of the molecule is CN(C)CC1CC(O)CN1S(=O)(=O)c1ccc(F)cc1F. The highest BCUT2D eigenvalue weighted by Gasteiger charge is 2.40. The molecule has 5 nitrogen and oxygen atoms in total. The van der Waals surface area contributed by atoms with Gasteiger partial charge in [-0.15, -0.1) is 0 Å². The summed E-state index contributed by atoms with van der Waals surface area (Å²) in [6.45, 7) is 0.330. The summed E-state index contributed by atoms with van der Waals surface area (Å²) in [5.41, 5.74) is 0. The van der Waals surface area contributed by atoms with Crippen molar-refractivity contribution in [3.05, 3.63) is 29.8 Å². The summed E-state index contributed by atoms with van der Waals surface area (Å²) in [6, 6.07) is 1.92. The number of β-amino-alcohol motifs (C(OH)–C–C–N with tert-alkyl or cyclic N) is 1. The number of aliphatic hydroxyl groups excluding tert-OH is 1. The summed E-state index contributed by atoms with van der Waals surface area (Å²) in [4.78, 5) is 1.23. The molecule has 2 atom stereocenters. The first kappa shape index (κ1) is 16.3. The van der Waals surface area contributed by atoms with E-state index in [1.165, 1.54) is 0 Å². The van der Waals surface area contributed by atoms with Crippen LogP contribution in [0.25, 0.3) is 0 Å². The van der Waals surface area contributed by atoms with Gasteiger partial charge >= 0.3 is 0 Å². The number of nitrogens with zero attached hydrogens (tertiary/aromatic N) is 2. The molecule has 118 valence electrons. The molecule has 0 radical (unpaired) electrons. The fourth-order valence-electron chi connectivity index (χ4n) is 2.56. The van der Waals surface area contributed by atoms with Gasteiger partial charge in [0.25, 0.3) is 0 Å². The van der Waals surface area contributed by atoms with Crippen molar-refractivity contribution in [3.63, 3.8) is 0 Å². The summed E-state index contributed by atoms with van der Waals surface area (Å²) in [5.74, 6) is -1.96.